The fourth-order valence-electron chi connectivity index (χ4n) is 3.73. The van der Waals surface area contributed by atoms with Crippen LogP contribution in [-0.2, 0) is 10.1 Å². The second-order valence-electron chi connectivity index (χ2n) is 8.74. The molecule has 0 saturated heterocycles. The molecule has 224 valence electrons. The van der Waals surface area contributed by atoms with Crippen molar-refractivity contribution in [3.63, 3.8) is 0 Å². The third-order valence-electron chi connectivity index (χ3n) is 5.82. The minimum atomic E-state index is -5.84. The quantitative estimate of drug-likeness (QED) is 0.260. The van der Waals surface area contributed by atoms with Gasteiger partial charge in [-0.25, -0.2) is 0 Å². The summed E-state index contributed by atoms with van der Waals surface area (Å²) in [6.45, 7) is 0. The molecule has 6 rings (SSSR count). The van der Waals surface area contributed by atoms with Crippen LogP contribution in [0.4, 0.5) is 13.2 Å². The molecule has 0 bridgehead atoms. The molecule has 3 aromatic rings. The molecule has 0 aliphatic heterocycles. The molecule has 3 aliphatic rings. The summed E-state index contributed by atoms with van der Waals surface area (Å²) < 4.78 is 57.5. The lowest BCUT2D eigenvalue weighted by molar-refractivity contribution is -0.0510. The largest absolute Gasteiger partial charge is 0.522 e. The van der Waals surface area contributed by atoms with Gasteiger partial charge in [-0.05, 0) is 36.5 Å². The van der Waals surface area contributed by atoms with E-state index in [4.69, 9.17) is 13.0 Å². The van der Waals surface area contributed by atoms with Gasteiger partial charge in [-0.1, -0.05) is 72.8 Å². The Kier molecular flexibility index (Phi) is 10.3. The molecule has 0 atom stereocenters. The van der Waals surface area contributed by atoms with Gasteiger partial charge in [0.15, 0.2) is 34.7 Å². The minimum Gasteiger partial charge on any atom is -0.289 e. The average Bonchev–Trinajstić information content (AvgIpc) is 2.99. The minimum absolute atomic E-state index is 0.0924. The van der Waals surface area contributed by atoms with Crippen LogP contribution in [0.3, 0.4) is 0 Å². The van der Waals surface area contributed by atoms with E-state index in [0.29, 0.717) is 33.4 Å². The van der Waals surface area contributed by atoms with Gasteiger partial charge in [0.05, 0.1) is 0 Å². The Morgan fingerprint density at radius 1 is 0.409 bits per heavy atom. The fourth-order valence-corrected chi connectivity index (χ4v) is 3.73. The van der Waals surface area contributed by atoms with Gasteiger partial charge >= 0.3 is 15.6 Å². The monoisotopic (exact) mass is 624 g/mol. The SMILES string of the molecule is O=C1C=CC(=O)c2ccccc21.O=C1C=CC(=O)c2ccccc21.O=C1C=CC(=O)c2ccccc21.O=S(=O)(O)C(F)(F)F. The first-order valence-electron chi connectivity index (χ1n) is 12.2. The molecular weight excluding hydrogens is 605 g/mol. The summed E-state index contributed by atoms with van der Waals surface area (Å²) in [7, 11) is -5.84. The number of fused-ring (bicyclic) bond motifs is 3. The summed E-state index contributed by atoms with van der Waals surface area (Å²) in [6.07, 6.45) is 7.86. The number of alkyl halides is 3. The molecular formula is C31H19F3O9S. The van der Waals surface area contributed by atoms with E-state index in [9.17, 15) is 41.9 Å². The van der Waals surface area contributed by atoms with Crippen molar-refractivity contribution in [2.24, 2.45) is 0 Å². The Balaban J connectivity index is 0.000000163. The summed E-state index contributed by atoms with van der Waals surface area (Å²) >= 11 is 0. The van der Waals surface area contributed by atoms with Crippen LogP contribution in [0.5, 0.6) is 0 Å². The van der Waals surface area contributed by atoms with Crippen LogP contribution in [-0.4, -0.2) is 53.2 Å². The maximum absolute atomic E-state index is 11.2. The molecule has 9 nitrogen and oxygen atoms in total. The summed E-state index contributed by atoms with van der Waals surface area (Å²) in [6, 6.07) is 20.5. The highest BCUT2D eigenvalue weighted by molar-refractivity contribution is 7.86. The van der Waals surface area contributed by atoms with Gasteiger partial charge in [0, 0.05) is 33.4 Å². The van der Waals surface area contributed by atoms with Crippen molar-refractivity contribution < 1.29 is 54.9 Å². The maximum atomic E-state index is 11.2. The van der Waals surface area contributed by atoms with Crippen molar-refractivity contribution in [2.75, 3.05) is 0 Å². The molecule has 0 heterocycles. The number of allylic oxidation sites excluding steroid dienone is 6. The standard InChI is InChI=1S/3C10H6O2.CHF3O3S/c3*11-9-5-6-10(12)8-4-2-1-3-7(8)9;2-1(3,4)8(5,6)7/h3*1-6H;(H,5,6,7). The average molecular weight is 625 g/mol. The second kappa shape index (κ2) is 13.7. The van der Waals surface area contributed by atoms with Gasteiger partial charge < -0.3 is 0 Å². The summed E-state index contributed by atoms with van der Waals surface area (Å²) in [5.74, 6) is -0.554. The maximum Gasteiger partial charge on any atom is 0.522 e. The Labute approximate surface area is 247 Å². The van der Waals surface area contributed by atoms with Crippen molar-refractivity contribution in [3.05, 3.63) is 143 Å². The fraction of sp³-hybridized carbons (Fsp3) is 0.0323. The van der Waals surface area contributed by atoms with Gasteiger partial charge in [0.1, 0.15) is 0 Å². The molecule has 3 aliphatic carbocycles. The van der Waals surface area contributed by atoms with Crippen LogP contribution in [0, 0.1) is 0 Å². The number of benzene rings is 3. The van der Waals surface area contributed by atoms with Gasteiger partial charge in [-0.2, -0.15) is 21.6 Å². The Morgan fingerprint density at radius 3 is 0.659 bits per heavy atom. The van der Waals surface area contributed by atoms with E-state index >= 15 is 0 Å². The summed E-state index contributed by atoms with van der Waals surface area (Å²) in [5.41, 5.74) is -2.51. The highest BCUT2D eigenvalue weighted by Gasteiger charge is 2.44. The van der Waals surface area contributed by atoms with E-state index in [1.165, 1.54) is 36.5 Å². The molecule has 0 saturated carbocycles. The molecule has 0 aromatic heterocycles. The molecule has 0 spiro atoms. The van der Waals surface area contributed by atoms with E-state index < -0.39 is 15.6 Å². The van der Waals surface area contributed by atoms with E-state index in [1.807, 2.05) is 0 Å². The zero-order valence-corrected chi connectivity index (χ0v) is 23.0. The predicted octanol–water partition coefficient (Wildman–Crippen LogP) is 5.26. The number of ketones is 6. The van der Waals surface area contributed by atoms with Crippen molar-refractivity contribution in [1.82, 2.24) is 0 Å². The normalized spacial score (nSPS) is 14.5. The molecule has 1 N–H and O–H groups in total. The van der Waals surface area contributed by atoms with Crippen LogP contribution in [0.2, 0.25) is 0 Å². The number of carbonyl (C=O) groups is 6. The van der Waals surface area contributed by atoms with Crippen molar-refractivity contribution in [3.8, 4) is 0 Å². The van der Waals surface area contributed by atoms with Crippen LogP contribution < -0.4 is 0 Å². The van der Waals surface area contributed by atoms with Crippen LogP contribution >= 0.6 is 0 Å². The molecule has 0 fully saturated rings. The number of halogens is 3. The summed E-state index contributed by atoms with van der Waals surface area (Å²) in [5, 5.41) is 0. The summed E-state index contributed by atoms with van der Waals surface area (Å²) in [4.78, 5) is 67.2. The lowest BCUT2D eigenvalue weighted by Crippen LogP contribution is -2.21. The lowest BCUT2D eigenvalue weighted by atomic mass is 9.95. The Hall–Kier alpha value is -5.40. The highest BCUT2D eigenvalue weighted by atomic mass is 32.2. The number of carbonyl (C=O) groups excluding carboxylic acids is 6. The molecule has 0 radical (unpaired) electrons. The van der Waals surface area contributed by atoms with Gasteiger partial charge in [0.2, 0.25) is 0 Å². The van der Waals surface area contributed by atoms with Gasteiger partial charge in [-0.3, -0.25) is 33.3 Å². The first kappa shape index (κ1) is 33.1. The van der Waals surface area contributed by atoms with Gasteiger partial charge in [0.25, 0.3) is 0 Å². The lowest BCUT2D eigenvalue weighted by Gasteiger charge is -2.06. The van der Waals surface area contributed by atoms with Crippen LogP contribution in [0.25, 0.3) is 0 Å². The van der Waals surface area contributed by atoms with Crippen molar-refractivity contribution >= 4 is 44.8 Å². The molecule has 0 amide bonds. The third kappa shape index (κ3) is 8.12. The smallest absolute Gasteiger partial charge is 0.289 e. The van der Waals surface area contributed by atoms with Crippen molar-refractivity contribution in [2.45, 2.75) is 5.51 Å². The molecule has 44 heavy (non-hydrogen) atoms. The zero-order valence-electron chi connectivity index (χ0n) is 22.1. The van der Waals surface area contributed by atoms with Crippen molar-refractivity contribution in [1.29, 1.82) is 0 Å². The van der Waals surface area contributed by atoms with E-state index in [2.05, 4.69) is 0 Å². The van der Waals surface area contributed by atoms with E-state index in [-0.39, 0.29) is 34.7 Å². The first-order chi connectivity index (χ1) is 20.6. The van der Waals surface area contributed by atoms with E-state index in [0.717, 1.165) is 0 Å². The molecule has 13 heteroatoms. The number of rotatable bonds is 0. The Bertz CT molecular complexity index is 1590. The number of hydrogen-bond donors (Lipinski definition) is 1. The molecule has 0 unspecified atom stereocenters. The van der Waals surface area contributed by atoms with Crippen LogP contribution in [0.15, 0.2) is 109 Å². The van der Waals surface area contributed by atoms with E-state index in [1.54, 1.807) is 72.8 Å². The predicted molar refractivity (Wildman–Crippen MR) is 150 cm³/mol. The molecule has 3 aromatic carbocycles. The topological polar surface area (TPSA) is 157 Å². The van der Waals surface area contributed by atoms with Gasteiger partial charge in [-0.15, -0.1) is 0 Å². The Morgan fingerprint density at radius 2 is 0.545 bits per heavy atom. The third-order valence-corrected chi connectivity index (χ3v) is 6.41. The highest BCUT2D eigenvalue weighted by Crippen LogP contribution is 2.21. The number of hydrogen-bond acceptors (Lipinski definition) is 8. The van der Waals surface area contributed by atoms with Crippen LogP contribution in [0.1, 0.15) is 62.1 Å². The zero-order chi connectivity index (χ0) is 32.7. The first-order valence-corrected chi connectivity index (χ1v) is 13.7. The second-order valence-corrected chi connectivity index (χ2v) is 10.2.